The van der Waals surface area contributed by atoms with Crippen molar-refractivity contribution < 1.29 is 19.1 Å². The SMILES string of the molecule is C[C@H](OC(=O)c1ccc2c(c1)CCC2)C(=O)NC(=O)NC1CCCCC1. The van der Waals surface area contributed by atoms with Crippen molar-refractivity contribution in [2.75, 3.05) is 0 Å². The summed E-state index contributed by atoms with van der Waals surface area (Å²) in [5, 5.41) is 5.07. The van der Waals surface area contributed by atoms with Gasteiger partial charge in [0.15, 0.2) is 6.10 Å². The summed E-state index contributed by atoms with van der Waals surface area (Å²) >= 11 is 0. The molecule has 1 atom stereocenters. The molecule has 1 fully saturated rings. The third-order valence-electron chi connectivity index (χ3n) is 5.16. The van der Waals surface area contributed by atoms with Gasteiger partial charge in [-0.05, 0) is 62.3 Å². The highest BCUT2D eigenvalue weighted by Gasteiger charge is 2.23. The molecule has 2 aliphatic carbocycles. The Morgan fingerprint density at radius 1 is 1.04 bits per heavy atom. The average molecular weight is 358 g/mol. The van der Waals surface area contributed by atoms with Gasteiger partial charge in [0, 0.05) is 6.04 Å². The zero-order chi connectivity index (χ0) is 18.5. The van der Waals surface area contributed by atoms with E-state index in [1.165, 1.54) is 24.5 Å². The topological polar surface area (TPSA) is 84.5 Å². The van der Waals surface area contributed by atoms with Crippen LogP contribution in [0.15, 0.2) is 18.2 Å². The van der Waals surface area contributed by atoms with Crippen molar-refractivity contribution in [3.8, 4) is 0 Å². The fourth-order valence-corrected chi connectivity index (χ4v) is 3.66. The van der Waals surface area contributed by atoms with E-state index >= 15 is 0 Å². The monoisotopic (exact) mass is 358 g/mol. The van der Waals surface area contributed by atoms with E-state index < -0.39 is 24.0 Å². The van der Waals surface area contributed by atoms with Gasteiger partial charge in [0.25, 0.3) is 5.91 Å². The zero-order valence-electron chi connectivity index (χ0n) is 15.2. The molecule has 140 valence electrons. The molecule has 26 heavy (non-hydrogen) atoms. The number of hydrogen-bond acceptors (Lipinski definition) is 4. The third kappa shape index (κ3) is 4.62. The van der Waals surface area contributed by atoms with E-state index in [0.717, 1.165) is 44.9 Å². The lowest BCUT2D eigenvalue weighted by Gasteiger charge is -2.23. The van der Waals surface area contributed by atoms with E-state index in [0.29, 0.717) is 5.56 Å². The lowest BCUT2D eigenvalue weighted by molar-refractivity contribution is -0.127. The summed E-state index contributed by atoms with van der Waals surface area (Å²) in [5.41, 5.74) is 2.88. The number of rotatable bonds is 4. The van der Waals surface area contributed by atoms with Gasteiger partial charge in [-0.15, -0.1) is 0 Å². The van der Waals surface area contributed by atoms with Crippen LogP contribution >= 0.6 is 0 Å². The second-order valence-corrected chi connectivity index (χ2v) is 7.18. The Morgan fingerprint density at radius 2 is 1.77 bits per heavy atom. The Labute approximate surface area is 153 Å². The minimum absolute atomic E-state index is 0.112. The summed E-state index contributed by atoms with van der Waals surface area (Å²) in [4.78, 5) is 36.3. The molecule has 6 heteroatoms. The summed E-state index contributed by atoms with van der Waals surface area (Å²) < 4.78 is 5.22. The van der Waals surface area contributed by atoms with Crippen molar-refractivity contribution in [1.29, 1.82) is 0 Å². The summed E-state index contributed by atoms with van der Waals surface area (Å²) in [6.45, 7) is 1.47. The van der Waals surface area contributed by atoms with Gasteiger partial charge >= 0.3 is 12.0 Å². The number of carbonyl (C=O) groups is 3. The standard InChI is InChI=1S/C20H26N2O4/c1-13(18(23)22-20(25)21-17-8-3-2-4-9-17)26-19(24)16-11-10-14-6-5-7-15(14)12-16/h10-13,17H,2-9H2,1H3,(H2,21,22,23,25)/t13-/m0/s1. The van der Waals surface area contributed by atoms with Crippen LogP contribution in [0.4, 0.5) is 4.79 Å². The van der Waals surface area contributed by atoms with E-state index in [9.17, 15) is 14.4 Å². The minimum atomic E-state index is -1.03. The van der Waals surface area contributed by atoms with Crippen LogP contribution in [-0.4, -0.2) is 30.1 Å². The fraction of sp³-hybridized carbons (Fsp3) is 0.550. The van der Waals surface area contributed by atoms with Crippen LogP contribution < -0.4 is 10.6 Å². The number of hydrogen-bond donors (Lipinski definition) is 2. The van der Waals surface area contributed by atoms with Crippen molar-refractivity contribution in [2.45, 2.75) is 70.4 Å². The van der Waals surface area contributed by atoms with Crippen LogP contribution in [0.5, 0.6) is 0 Å². The Hall–Kier alpha value is -2.37. The predicted molar refractivity (Wildman–Crippen MR) is 96.9 cm³/mol. The maximum absolute atomic E-state index is 12.3. The second kappa shape index (κ2) is 8.34. The summed E-state index contributed by atoms with van der Waals surface area (Å²) in [6, 6.07) is 5.10. The Kier molecular flexibility index (Phi) is 5.91. The van der Waals surface area contributed by atoms with Gasteiger partial charge in [-0.3, -0.25) is 10.1 Å². The number of benzene rings is 1. The van der Waals surface area contributed by atoms with Crippen LogP contribution in [-0.2, 0) is 22.4 Å². The van der Waals surface area contributed by atoms with E-state index in [1.54, 1.807) is 6.07 Å². The van der Waals surface area contributed by atoms with Gasteiger partial charge in [0.05, 0.1) is 5.56 Å². The fourth-order valence-electron chi connectivity index (χ4n) is 3.66. The first kappa shape index (κ1) is 18.4. The molecule has 1 aromatic carbocycles. The van der Waals surface area contributed by atoms with Gasteiger partial charge in [0.1, 0.15) is 0 Å². The van der Waals surface area contributed by atoms with Crippen LogP contribution in [0.25, 0.3) is 0 Å². The molecular weight excluding hydrogens is 332 g/mol. The van der Waals surface area contributed by atoms with Crippen molar-refractivity contribution in [2.24, 2.45) is 0 Å². The number of nitrogens with one attached hydrogen (secondary N) is 2. The van der Waals surface area contributed by atoms with Crippen LogP contribution in [0.2, 0.25) is 0 Å². The van der Waals surface area contributed by atoms with E-state index in [4.69, 9.17) is 4.74 Å². The number of aryl methyl sites for hydroxylation is 2. The molecule has 0 radical (unpaired) electrons. The molecule has 2 N–H and O–H groups in total. The summed E-state index contributed by atoms with van der Waals surface area (Å²) in [7, 11) is 0. The van der Waals surface area contributed by atoms with Crippen molar-refractivity contribution in [3.05, 3.63) is 34.9 Å². The summed E-state index contributed by atoms with van der Waals surface area (Å²) in [6.07, 6.45) is 7.31. The third-order valence-corrected chi connectivity index (χ3v) is 5.16. The van der Waals surface area contributed by atoms with Gasteiger partial charge < -0.3 is 10.1 Å². The molecule has 3 amide bonds. The quantitative estimate of drug-likeness (QED) is 0.811. The Bertz CT molecular complexity index is 695. The molecule has 0 aromatic heterocycles. The molecule has 0 spiro atoms. The van der Waals surface area contributed by atoms with Crippen LogP contribution in [0.1, 0.15) is 66.9 Å². The maximum atomic E-state index is 12.3. The highest BCUT2D eigenvalue weighted by molar-refractivity contribution is 5.98. The van der Waals surface area contributed by atoms with Gasteiger partial charge in [-0.2, -0.15) is 0 Å². The minimum Gasteiger partial charge on any atom is -0.449 e. The number of urea groups is 1. The molecule has 6 nitrogen and oxygen atoms in total. The van der Waals surface area contributed by atoms with Crippen molar-refractivity contribution >= 4 is 17.9 Å². The van der Waals surface area contributed by atoms with E-state index in [-0.39, 0.29) is 6.04 Å². The zero-order valence-corrected chi connectivity index (χ0v) is 15.2. The molecule has 1 saturated carbocycles. The predicted octanol–water partition coefficient (Wildman–Crippen LogP) is 2.88. The van der Waals surface area contributed by atoms with E-state index in [2.05, 4.69) is 10.6 Å². The Balaban J connectivity index is 1.48. The first-order valence-corrected chi connectivity index (χ1v) is 9.47. The molecule has 0 bridgehead atoms. The number of carbonyl (C=O) groups excluding carboxylic acids is 3. The largest absolute Gasteiger partial charge is 0.449 e. The number of imide groups is 1. The lowest BCUT2D eigenvalue weighted by Crippen LogP contribution is -2.48. The molecule has 0 aliphatic heterocycles. The van der Waals surface area contributed by atoms with E-state index in [1.807, 2.05) is 12.1 Å². The first-order chi connectivity index (χ1) is 12.5. The van der Waals surface area contributed by atoms with Crippen molar-refractivity contribution in [1.82, 2.24) is 10.6 Å². The highest BCUT2D eigenvalue weighted by atomic mass is 16.5. The number of amides is 3. The smallest absolute Gasteiger partial charge is 0.338 e. The number of fused-ring (bicyclic) bond motifs is 1. The number of ether oxygens (including phenoxy) is 1. The van der Waals surface area contributed by atoms with Gasteiger partial charge in [-0.25, -0.2) is 9.59 Å². The summed E-state index contributed by atoms with van der Waals surface area (Å²) in [5.74, 6) is -1.16. The molecule has 0 unspecified atom stereocenters. The maximum Gasteiger partial charge on any atom is 0.338 e. The molecule has 1 aromatic rings. The van der Waals surface area contributed by atoms with Crippen LogP contribution in [0, 0.1) is 0 Å². The molecule has 2 aliphatic rings. The first-order valence-electron chi connectivity index (χ1n) is 9.47. The van der Waals surface area contributed by atoms with Gasteiger partial charge in [-0.1, -0.05) is 25.3 Å². The number of esters is 1. The van der Waals surface area contributed by atoms with Crippen molar-refractivity contribution in [3.63, 3.8) is 0 Å². The Morgan fingerprint density at radius 3 is 2.54 bits per heavy atom. The molecule has 0 saturated heterocycles. The normalized spacial score (nSPS) is 17.9. The second-order valence-electron chi connectivity index (χ2n) is 7.18. The molecule has 3 rings (SSSR count). The highest BCUT2D eigenvalue weighted by Crippen LogP contribution is 2.23. The molecular formula is C20H26N2O4. The average Bonchev–Trinajstić information content (AvgIpc) is 3.10. The van der Waals surface area contributed by atoms with Crippen LogP contribution in [0.3, 0.4) is 0 Å². The molecule has 0 heterocycles. The lowest BCUT2D eigenvalue weighted by atomic mass is 9.96. The van der Waals surface area contributed by atoms with Gasteiger partial charge in [0.2, 0.25) is 0 Å².